The van der Waals surface area contributed by atoms with Gasteiger partial charge in [0.25, 0.3) is 11.8 Å². The number of rotatable bonds is 2. The van der Waals surface area contributed by atoms with Crippen LogP contribution >= 0.6 is 15.9 Å². The fourth-order valence-electron chi connectivity index (χ4n) is 2.70. The van der Waals surface area contributed by atoms with E-state index in [1.807, 2.05) is 0 Å². The molecule has 0 N–H and O–H groups in total. The van der Waals surface area contributed by atoms with Gasteiger partial charge in [0.15, 0.2) is 0 Å². The topological polar surface area (TPSA) is 61.2 Å². The number of carbonyl (C=O) groups excluding carboxylic acids is 2. The minimum Gasteiger partial charge on any atom is -0.268 e. The molecule has 0 saturated carbocycles. The lowest BCUT2D eigenvalue weighted by Gasteiger charge is -2.19. The predicted octanol–water partition coefficient (Wildman–Crippen LogP) is 4.27. The second-order valence-electron chi connectivity index (χ2n) is 5.26. The van der Waals surface area contributed by atoms with Crippen molar-refractivity contribution in [2.75, 3.05) is 4.90 Å². The van der Waals surface area contributed by atoms with Crippen molar-refractivity contribution < 1.29 is 22.8 Å². The smallest absolute Gasteiger partial charge is 0.268 e. The van der Waals surface area contributed by atoms with Crippen LogP contribution in [-0.2, 0) is 11.5 Å². The van der Waals surface area contributed by atoms with Crippen LogP contribution in [0.4, 0.5) is 18.9 Å². The molecule has 0 saturated heterocycles. The Bertz CT molecular complexity index is 913. The zero-order valence-electron chi connectivity index (χ0n) is 12.4. The van der Waals surface area contributed by atoms with Crippen LogP contribution in [-0.4, -0.2) is 11.8 Å². The van der Waals surface area contributed by atoms with E-state index in [9.17, 15) is 22.8 Å². The molecule has 1 heterocycles. The lowest BCUT2D eigenvalue weighted by Crippen LogP contribution is -2.30. The summed E-state index contributed by atoms with van der Waals surface area (Å²) in [6, 6.07) is 9.45. The van der Waals surface area contributed by atoms with E-state index < -0.39 is 29.1 Å². The molecule has 0 bridgehead atoms. The number of alkyl halides is 4. The fourth-order valence-corrected chi connectivity index (χ4v) is 3.14. The standard InChI is InChI=1S/C17H8BrF3N2O2/c18-7-9-5-10(6-14(13(9)8-22)17(19,20)21)23-15(24)11-3-1-2-4-12(11)16(23)25/h1-6H,7H2. The number of nitrogens with zero attached hydrogens (tertiary/aromatic N) is 2. The van der Waals surface area contributed by atoms with E-state index in [0.29, 0.717) is 11.0 Å². The summed E-state index contributed by atoms with van der Waals surface area (Å²) in [5, 5.41) is 9.05. The van der Waals surface area contributed by atoms with Crippen molar-refractivity contribution in [3.05, 3.63) is 64.2 Å². The van der Waals surface area contributed by atoms with Crippen LogP contribution < -0.4 is 4.90 Å². The number of nitriles is 1. The van der Waals surface area contributed by atoms with Gasteiger partial charge in [0.2, 0.25) is 0 Å². The number of hydrogen-bond donors (Lipinski definition) is 0. The van der Waals surface area contributed by atoms with Crippen molar-refractivity contribution in [1.29, 1.82) is 5.26 Å². The molecule has 3 rings (SSSR count). The highest BCUT2D eigenvalue weighted by molar-refractivity contribution is 9.08. The van der Waals surface area contributed by atoms with Gasteiger partial charge in [-0.2, -0.15) is 18.4 Å². The van der Waals surface area contributed by atoms with Crippen LogP contribution in [0.15, 0.2) is 36.4 Å². The number of benzene rings is 2. The van der Waals surface area contributed by atoms with Crippen molar-refractivity contribution in [1.82, 2.24) is 0 Å². The van der Waals surface area contributed by atoms with Gasteiger partial charge in [0.05, 0.1) is 27.9 Å². The molecule has 2 aromatic rings. The van der Waals surface area contributed by atoms with Gasteiger partial charge in [-0.05, 0) is 29.8 Å². The van der Waals surface area contributed by atoms with Crippen molar-refractivity contribution in [2.45, 2.75) is 11.5 Å². The molecular formula is C17H8BrF3N2O2. The molecule has 2 amide bonds. The fraction of sp³-hybridized carbons (Fsp3) is 0.118. The first-order valence-electron chi connectivity index (χ1n) is 6.97. The first-order valence-corrected chi connectivity index (χ1v) is 8.09. The van der Waals surface area contributed by atoms with Crippen molar-refractivity contribution in [2.24, 2.45) is 0 Å². The molecule has 25 heavy (non-hydrogen) atoms. The second-order valence-corrected chi connectivity index (χ2v) is 5.82. The number of imide groups is 1. The first-order chi connectivity index (χ1) is 11.8. The van der Waals surface area contributed by atoms with E-state index in [0.717, 1.165) is 0 Å². The average molecular weight is 409 g/mol. The van der Waals surface area contributed by atoms with E-state index in [-0.39, 0.29) is 27.7 Å². The molecular weight excluding hydrogens is 401 g/mol. The summed E-state index contributed by atoms with van der Waals surface area (Å²) in [4.78, 5) is 25.6. The molecule has 0 spiro atoms. The number of anilines is 1. The number of hydrogen-bond acceptors (Lipinski definition) is 3. The Morgan fingerprint density at radius 1 is 1.08 bits per heavy atom. The maximum Gasteiger partial charge on any atom is 0.417 e. The lowest BCUT2D eigenvalue weighted by atomic mass is 10.0. The summed E-state index contributed by atoms with van der Waals surface area (Å²) >= 11 is 3.04. The zero-order chi connectivity index (χ0) is 18.4. The van der Waals surface area contributed by atoms with Crippen LogP contribution in [0.25, 0.3) is 0 Å². The molecule has 0 fully saturated rings. The van der Waals surface area contributed by atoms with Crippen molar-refractivity contribution >= 4 is 33.4 Å². The molecule has 0 atom stereocenters. The first kappa shape index (κ1) is 17.2. The molecule has 0 aromatic heterocycles. The maximum atomic E-state index is 13.3. The van der Waals surface area contributed by atoms with Crippen LogP contribution in [0.3, 0.4) is 0 Å². The van der Waals surface area contributed by atoms with Crippen LogP contribution in [0.2, 0.25) is 0 Å². The third-order valence-corrected chi connectivity index (χ3v) is 4.42. The molecule has 1 aliphatic heterocycles. The molecule has 0 aliphatic carbocycles. The number of carbonyl (C=O) groups is 2. The average Bonchev–Trinajstić information content (AvgIpc) is 2.84. The lowest BCUT2D eigenvalue weighted by molar-refractivity contribution is -0.137. The highest BCUT2D eigenvalue weighted by Gasteiger charge is 2.40. The molecule has 0 unspecified atom stereocenters. The summed E-state index contributed by atoms with van der Waals surface area (Å²) in [6.07, 6.45) is -4.79. The van der Waals surface area contributed by atoms with E-state index in [2.05, 4.69) is 15.9 Å². The van der Waals surface area contributed by atoms with Crippen molar-refractivity contribution in [3.8, 4) is 6.07 Å². The Morgan fingerprint density at radius 2 is 1.64 bits per heavy atom. The normalized spacial score (nSPS) is 13.8. The second kappa shape index (κ2) is 6.01. The Morgan fingerprint density at radius 3 is 2.08 bits per heavy atom. The van der Waals surface area contributed by atoms with Gasteiger partial charge in [-0.25, -0.2) is 4.90 Å². The van der Waals surface area contributed by atoms with Gasteiger partial charge in [0.1, 0.15) is 6.07 Å². The largest absolute Gasteiger partial charge is 0.417 e. The van der Waals surface area contributed by atoms with Gasteiger partial charge < -0.3 is 0 Å². The van der Waals surface area contributed by atoms with E-state index in [1.54, 1.807) is 18.2 Å². The highest BCUT2D eigenvalue weighted by Crippen LogP contribution is 2.38. The summed E-state index contributed by atoms with van der Waals surface area (Å²) in [5.74, 6) is -1.39. The molecule has 126 valence electrons. The summed E-state index contributed by atoms with van der Waals surface area (Å²) in [7, 11) is 0. The van der Waals surface area contributed by atoms with Gasteiger partial charge >= 0.3 is 6.18 Å². The van der Waals surface area contributed by atoms with Crippen molar-refractivity contribution in [3.63, 3.8) is 0 Å². The van der Waals surface area contributed by atoms with Crippen LogP contribution in [0.5, 0.6) is 0 Å². The van der Waals surface area contributed by atoms with Crippen LogP contribution in [0.1, 0.15) is 37.4 Å². The molecule has 4 nitrogen and oxygen atoms in total. The minimum atomic E-state index is -4.79. The Kier molecular flexibility index (Phi) is 4.13. The Hall–Kier alpha value is -2.66. The van der Waals surface area contributed by atoms with E-state index in [1.165, 1.54) is 18.2 Å². The van der Waals surface area contributed by atoms with Gasteiger partial charge in [-0.15, -0.1) is 0 Å². The maximum absolute atomic E-state index is 13.3. The molecule has 1 aliphatic rings. The zero-order valence-corrected chi connectivity index (χ0v) is 14.0. The highest BCUT2D eigenvalue weighted by atomic mass is 79.9. The number of fused-ring (bicyclic) bond motifs is 1. The van der Waals surface area contributed by atoms with E-state index >= 15 is 0 Å². The van der Waals surface area contributed by atoms with Gasteiger partial charge in [0, 0.05) is 5.33 Å². The summed E-state index contributed by atoms with van der Waals surface area (Å²) in [5.41, 5.74) is -1.63. The Balaban J connectivity index is 2.22. The third kappa shape index (κ3) is 2.70. The minimum absolute atomic E-state index is 0.0318. The summed E-state index contributed by atoms with van der Waals surface area (Å²) < 4.78 is 40.0. The monoisotopic (exact) mass is 408 g/mol. The number of amides is 2. The Labute approximate surface area is 148 Å². The molecule has 0 radical (unpaired) electrons. The third-order valence-electron chi connectivity index (χ3n) is 3.82. The van der Waals surface area contributed by atoms with Gasteiger partial charge in [-0.3, -0.25) is 9.59 Å². The predicted molar refractivity (Wildman–Crippen MR) is 86.4 cm³/mol. The van der Waals surface area contributed by atoms with Gasteiger partial charge in [-0.1, -0.05) is 28.1 Å². The SMILES string of the molecule is N#Cc1c(CBr)cc(N2C(=O)c3ccccc3C2=O)cc1C(F)(F)F. The summed E-state index contributed by atoms with van der Waals surface area (Å²) in [6.45, 7) is 0. The number of halogens is 4. The van der Waals surface area contributed by atoms with E-state index in [4.69, 9.17) is 5.26 Å². The quantitative estimate of drug-likeness (QED) is 0.550. The molecule has 2 aromatic carbocycles. The van der Waals surface area contributed by atoms with Crippen LogP contribution in [0, 0.1) is 11.3 Å². The molecule has 8 heteroatoms.